The SMILES string of the molecule is Cc1cccc(C(c2cnc3ccccc3c2)N2CCCC2C(=O)O)c1. The van der Waals surface area contributed by atoms with Crippen LogP contribution in [0, 0.1) is 6.92 Å². The number of pyridine rings is 1. The van der Waals surface area contributed by atoms with Gasteiger partial charge in [-0.25, -0.2) is 0 Å². The van der Waals surface area contributed by atoms with Crippen LogP contribution in [0.4, 0.5) is 0 Å². The number of benzene rings is 2. The summed E-state index contributed by atoms with van der Waals surface area (Å²) >= 11 is 0. The second kappa shape index (κ2) is 6.89. The Morgan fingerprint density at radius 1 is 1.15 bits per heavy atom. The second-order valence-electron chi connectivity index (χ2n) is 7.01. The molecule has 0 radical (unpaired) electrons. The maximum Gasteiger partial charge on any atom is 0.320 e. The van der Waals surface area contributed by atoms with Gasteiger partial charge < -0.3 is 5.11 Å². The molecule has 2 unspecified atom stereocenters. The largest absolute Gasteiger partial charge is 0.480 e. The van der Waals surface area contributed by atoms with E-state index in [0.29, 0.717) is 6.42 Å². The van der Waals surface area contributed by atoms with Crippen LogP contribution < -0.4 is 0 Å². The number of aromatic nitrogens is 1. The molecule has 2 heterocycles. The molecular weight excluding hydrogens is 324 g/mol. The maximum atomic E-state index is 11.8. The van der Waals surface area contributed by atoms with E-state index in [4.69, 9.17) is 0 Å². The molecule has 0 amide bonds. The Morgan fingerprint density at radius 2 is 2.00 bits per heavy atom. The van der Waals surface area contributed by atoms with Crippen molar-refractivity contribution in [1.82, 2.24) is 9.88 Å². The lowest BCUT2D eigenvalue weighted by Gasteiger charge is -2.32. The van der Waals surface area contributed by atoms with Crippen LogP contribution in [-0.2, 0) is 4.79 Å². The van der Waals surface area contributed by atoms with E-state index in [9.17, 15) is 9.90 Å². The van der Waals surface area contributed by atoms with Crippen molar-refractivity contribution in [3.05, 3.63) is 77.5 Å². The number of aliphatic carboxylic acids is 1. The summed E-state index contributed by atoms with van der Waals surface area (Å²) in [5, 5.41) is 10.8. The van der Waals surface area contributed by atoms with Gasteiger partial charge in [-0.15, -0.1) is 0 Å². The molecule has 1 aliphatic heterocycles. The highest BCUT2D eigenvalue weighted by atomic mass is 16.4. The van der Waals surface area contributed by atoms with Crippen molar-refractivity contribution in [3.63, 3.8) is 0 Å². The number of hydrogen-bond donors (Lipinski definition) is 1. The van der Waals surface area contributed by atoms with Crippen LogP contribution in [0.15, 0.2) is 60.8 Å². The van der Waals surface area contributed by atoms with Crippen LogP contribution in [0.1, 0.15) is 35.6 Å². The molecule has 3 aromatic rings. The number of likely N-dealkylation sites (tertiary alicyclic amines) is 1. The summed E-state index contributed by atoms with van der Waals surface area (Å²) in [4.78, 5) is 18.5. The zero-order chi connectivity index (χ0) is 18.1. The zero-order valence-corrected chi connectivity index (χ0v) is 14.8. The second-order valence-corrected chi connectivity index (χ2v) is 7.01. The van der Waals surface area contributed by atoms with Gasteiger partial charge in [0.2, 0.25) is 0 Å². The van der Waals surface area contributed by atoms with Gasteiger partial charge in [-0.1, -0.05) is 48.0 Å². The number of nitrogens with zero attached hydrogens (tertiary/aromatic N) is 2. The van der Waals surface area contributed by atoms with Gasteiger partial charge in [-0.3, -0.25) is 14.7 Å². The third-order valence-electron chi connectivity index (χ3n) is 5.20. The molecule has 2 atom stereocenters. The number of carbonyl (C=O) groups is 1. The standard InChI is InChI=1S/C22H22N2O2/c1-15-6-4-8-17(12-15)21(24-11-5-10-20(24)22(25)26)18-13-16-7-2-3-9-19(16)23-14-18/h2-4,6-9,12-14,20-21H,5,10-11H2,1H3,(H,25,26). The highest BCUT2D eigenvalue weighted by Gasteiger charge is 2.37. The Balaban J connectivity index is 1.85. The van der Waals surface area contributed by atoms with Gasteiger partial charge in [0.25, 0.3) is 0 Å². The molecule has 0 saturated carbocycles. The monoisotopic (exact) mass is 346 g/mol. The minimum Gasteiger partial charge on any atom is -0.480 e. The summed E-state index contributed by atoms with van der Waals surface area (Å²) in [5.74, 6) is -0.742. The van der Waals surface area contributed by atoms with Crippen molar-refractivity contribution in [3.8, 4) is 0 Å². The quantitative estimate of drug-likeness (QED) is 0.770. The molecule has 26 heavy (non-hydrogen) atoms. The van der Waals surface area contributed by atoms with E-state index in [-0.39, 0.29) is 6.04 Å². The summed E-state index contributed by atoms with van der Waals surface area (Å²) in [7, 11) is 0. The van der Waals surface area contributed by atoms with Gasteiger partial charge >= 0.3 is 5.97 Å². The number of rotatable bonds is 4. The van der Waals surface area contributed by atoms with Crippen molar-refractivity contribution in [2.45, 2.75) is 31.8 Å². The predicted molar refractivity (Wildman–Crippen MR) is 102 cm³/mol. The highest BCUT2D eigenvalue weighted by molar-refractivity contribution is 5.79. The Morgan fingerprint density at radius 3 is 2.81 bits per heavy atom. The number of aryl methyl sites for hydroxylation is 1. The Labute approximate surface area is 153 Å². The predicted octanol–water partition coefficient (Wildman–Crippen LogP) is 4.18. The van der Waals surface area contributed by atoms with E-state index >= 15 is 0 Å². The number of carboxylic acids is 1. The smallest absolute Gasteiger partial charge is 0.320 e. The third kappa shape index (κ3) is 3.08. The molecule has 0 spiro atoms. The van der Waals surface area contributed by atoms with Crippen molar-refractivity contribution in [1.29, 1.82) is 0 Å². The van der Waals surface area contributed by atoms with E-state index in [2.05, 4.69) is 47.1 Å². The lowest BCUT2D eigenvalue weighted by molar-refractivity contribution is -0.142. The van der Waals surface area contributed by atoms with Crippen molar-refractivity contribution in [2.75, 3.05) is 6.54 Å². The third-order valence-corrected chi connectivity index (χ3v) is 5.20. The van der Waals surface area contributed by atoms with Gasteiger partial charge in [-0.2, -0.15) is 0 Å². The summed E-state index contributed by atoms with van der Waals surface area (Å²) in [6.07, 6.45) is 3.49. The van der Waals surface area contributed by atoms with E-state index in [1.165, 1.54) is 5.56 Å². The minimum atomic E-state index is -0.742. The van der Waals surface area contributed by atoms with Gasteiger partial charge in [0.05, 0.1) is 11.6 Å². The number of carboxylic acid groups (broad SMARTS) is 1. The van der Waals surface area contributed by atoms with Crippen LogP contribution in [0.25, 0.3) is 10.9 Å². The normalized spacial score (nSPS) is 18.9. The lowest BCUT2D eigenvalue weighted by Crippen LogP contribution is -2.39. The molecule has 4 rings (SSSR count). The first kappa shape index (κ1) is 16.7. The number of hydrogen-bond acceptors (Lipinski definition) is 3. The average Bonchev–Trinajstić information content (AvgIpc) is 3.11. The van der Waals surface area contributed by atoms with Gasteiger partial charge in [-0.05, 0) is 43.0 Å². The van der Waals surface area contributed by atoms with Crippen molar-refractivity contribution < 1.29 is 9.90 Å². The lowest BCUT2D eigenvalue weighted by atomic mass is 9.95. The van der Waals surface area contributed by atoms with Crippen LogP contribution in [0.5, 0.6) is 0 Å². The highest BCUT2D eigenvalue weighted by Crippen LogP contribution is 2.35. The number of para-hydroxylation sites is 1. The molecular formula is C22H22N2O2. The fourth-order valence-corrected chi connectivity index (χ4v) is 4.02. The van der Waals surface area contributed by atoms with E-state index in [1.54, 1.807) is 0 Å². The molecule has 0 aliphatic carbocycles. The van der Waals surface area contributed by atoms with E-state index in [1.807, 2.05) is 30.5 Å². The first-order valence-corrected chi connectivity index (χ1v) is 9.03. The number of fused-ring (bicyclic) bond motifs is 1. The molecule has 0 bridgehead atoms. The first-order valence-electron chi connectivity index (χ1n) is 9.03. The van der Waals surface area contributed by atoms with Crippen LogP contribution in [0.2, 0.25) is 0 Å². The molecule has 1 N–H and O–H groups in total. The summed E-state index contributed by atoms with van der Waals surface area (Å²) < 4.78 is 0. The minimum absolute atomic E-state index is 0.101. The molecule has 1 saturated heterocycles. The molecule has 4 heteroatoms. The topological polar surface area (TPSA) is 53.4 Å². The molecule has 4 nitrogen and oxygen atoms in total. The Bertz CT molecular complexity index is 954. The van der Waals surface area contributed by atoms with Crippen LogP contribution in [-0.4, -0.2) is 33.5 Å². The first-order chi connectivity index (χ1) is 12.6. The molecule has 1 aliphatic rings. The molecule has 1 aromatic heterocycles. The fraction of sp³-hybridized carbons (Fsp3) is 0.273. The van der Waals surface area contributed by atoms with Gasteiger partial charge in [0, 0.05) is 18.1 Å². The average molecular weight is 346 g/mol. The zero-order valence-electron chi connectivity index (χ0n) is 14.8. The van der Waals surface area contributed by atoms with Crippen LogP contribution in [0.3, 0.4) is 0 Å². The van der Waals surface area contributed by atoms with Gasteiger partial charge in [0.15, 0.2) is 0 Å². The van der Waals surface area contributed by atoms with Crippen molar-refractivity contribution >= 4 is 16.9 Å². The summed E-state index contributed by atoms with van der Waals surface area (Å²) in [6.45, 7) is 2.85. The van der Waals surface area contributed by atoms with Crippen LogP contribution >= 0.6 is 0 Å². The van der Waals surface area contributed by atoms with Gasteiger partial charge in [0.1, 0.15) is 6.04 Å². The fourth-order valence-electron chi connectivity index (χ4n) is 4.02. The van der Waals surface area contributed by atoms with E-state index < -0.39 is 12.0 Å². The Hall–Kier alpha value is -2.72. The molecule has 132 valence electrons. The summed E-state index contributed by atoms with van der Waals surface area (Å²) in [6, 6.07) is 18.0. The Kier molecular flexibility index (Phi) is 4.43. The van der Waals surface area contributed by atoms with E-state index in [0.717, 1.165) is 35.0 Å². The maximum absolute atomic E-state index is 11.8. The summed E-state index contributed by atoms with van der Waals surface area (Å²) in [5.41, 5.74) is 4.29. The molecule has 2 aromatic carbocycles. The van der Waals surface area contributed by atoms with Crippen molar-refractivity contribution in [2.24, 2.45) is 0 Å². The molecule has 1 fully saturated rings.